The molecular formula is C19H33N7. The molecule has 0 saturated carbocycles. The van der Waals surface area contributed by atoms with Crippen molar-refractivity contribution in [3.63, 3.8) is 0 Å². The number of likely N-dealkylation sites (N-methyl/N-ethyl adjacent to an activating group) is 2. The van der Waals surface area contributed by atoms with Crippen molar-refractivity contribution >= 4 is 11.8 Å². The average Bonchev–Trinajstić information content (AvgIpc) is 2.68. The second-order valence-electron chi connectivity index (χ2n) is 7.44. The van der Waals surface area contributed by atoms with Crippen LogP contribution in [0, 0.1) is 0 Å². The maximum atomic E-state index is 4.46. The third-order valence-corrected chi connectivity index (χ3v) is 5.52. The van der Waals surface area contributed by atoms with Crippen LogP contribution in [-0.2, 0) is 0 Å². The Bertz CT molecular complexity index is 569. The third kappa shape index (κ3) is 5.08. The fraction of sp³-hybridized carbons (Fsp3) is 0.684. The first-order valence-corrected chi connectivity index (χ1v) is 9.67. The minimum Gasteiger partial charge on any atom is -0.356 e. The summed E-state index contributed by atoms with van der Waals surface area (Å²) < 4.78 is 0. The summed E-state index contributed by atoms with van der Waals surface area (Å²) in [6.45, 7) is 6.36. The summed E-state index contributed by atoms with van der Waals surface area (Å²) in [5.74, 6) is 2.00. The van der Waals surface area contributed by atoms with Gasteiger partial charge in [0.25, 0.3) is 0 Å². The molecule has 26 heavy (non-hydrogen) atoms. The molecular weight excluding hydrogens is 326 g/mol. The normalized spacial score (nSPS) is 23.9. The van der Waals surface area contributed by atoms with Crippen molar-refractivity contribution in [2.75, 3.05) is 65.3 Å². The lowest BCUT2D eigenvalue weighted by atomic mass is 10.1. The molecule has 0 bridgehead atoms. The van der Waals surface area contributed by atoms with Crippen LogP contribution in [0.4, 0.5) is 5.82 Å². The molecule has 0 radical (unpaired) electrons. The number of pyridine rings is 1. The second kappa shape index (κ2) is 9.19. The number of piperazine rings is 1. The van der Waals surface area contributed by atoms with E-state index in [4.69, 9.17) is 0 Å². The number of rotatable bonds is 4. The molecule has 144 valence electrons. The van der Waals surface area contributed by atoms with Crippen molar-refractivity contribution in [3.8, 4) is 0 Å². The number of nitrogens with zero attached hydrogens (tertiary/aromatic N) is 5. The Morgan fingerprint density at radius 2 is 2.00 bits per heavy atom. The van der Waals surface area contributed by atoms with Crippen LogP contribution in [0.1, 0.15) is 12.8 Å². The van der Waals surface area contributed by atoms with E-state index in [0.717, 1.165) is 63.9 Å². The molecule has 7 heteroatoms. The predicted molar refractivity (Wildman–Crippen MR) is 108 cm³/mol. The van der Waals surface area contributed by atoms with Gasteiger partial charge in [-0.25, -0.2) is 4.98 Å². The van der Waals surface area contributed by atoms with E-state index in [1.54, 1.807) is 0 Å². The van der Waals surface area contributed by atoms with Gasteiger partial charge in [-0.1, -0.05) is 6.07 Å². The third-order valence-electron chi connectivity index (χ3n) is 5.52. The second-order valence-corrected chi connectivity index (χ2v) is 7.44. The monoisotopic (exact) mass is 359 g/mol. The zero-order valence-electron chi connectivity index (χ0n) is 16.4. The molecule has 0 amide bonds. The molecule has 2 fully saturated rings. The Labute approximate surface area is 157 Å². The minimum atomic E-state index is 0.466. The van der Waals surface area contributed by atoms with Crippen LogP contribution >= 0.6 is 0 Å². The Hall–Kier alpha value is -1.86. The van der Waals surface area contributed by atoms with Crippen LogP contribution in [-0.4, -0.2) is 93.2 Å². The first-order chi connectivity index (χ1) is 12.7. The van der Waals surface area contributed by atoms with E-state index in [2.05, 4.69) is 61.5 Å². The van der Waals surface area contributed by atoms with Gasteiger partial charge in [-0.3, -0.25) is 9.89 Å². The number of piperidine rings is 1. The first-order valence-electron chi connectivity index (χ1n) is 9.67. The summed E-state index contributed by atoms with van der Waals surface area (Å²) in [5.41, 5.74) is 0. The lowest BCUT2D eigenvalue weighted by Crippen LogP contribution is -2.56. The van der Waals surface area contributed by atoms with E-state index in [0.29, 0.717) is 12.1 Å². The first kappa shape index (κ1) is 18.9. The Morgan fingerprint density at radius 3 is 2.69 bits per heavy atom. The highest BCUT2D eigenvalue weighted by Gasteiger charge is 2.23. The van der Waals surface area contributed by atoms with Gasteiger partial charge < -0.3 is 20.4 Å². The molecule has 0 spiro atoms. The van der Waals surface area contributed by atoms with Crippen LogP contribution in [0.2, 0.25) is 0 Å². The molecule has 1 unspecified atom stereocenters. The molecule has 2 aliphatic rings. The van der Waals surface area contributed by atoms with Gasteiger partial charge in [-0.2, -0.15) is 0 Å². The lowest BCUT2D eigenvalue weighted by molar-refractivity contribution is 0.116. The molecule has 7 nitrogen and oxygen atoms in total. The molecule has 2 N–H and O–H groups in total. The largest absolute Gasteiger partial charge is 0.356 e. The zero-order valence-corrected chi connectivity index (χ0v) is 16.4. The van der Waals surface area contributed by atoms with Gasteiger partial charge in [0.15, 0.2) is 5.96 Å². The standard InChI is InChI=1S/C19H33N7/c1-20-19(22-14-17-15-24(2)12-13-25(17)3)23-16-7-10-26(11-8-16)18-6-4-5-9-21-18/h4-6,9,16-17H,7-8,10-15H2,1-3H3,(H2,20,22,23). The molecule has 2 aliphatic heterocycles. The SMILES string of the molecule is CN=C(NCC1CN(C)CCN1C)NC1CCN(c2ccccn2)CC1. The van der Waals surface area contributed by atoms with Crippen LogP contribution in [0.25, 0.3) is 0 Å². The summed E-state index contributed by atoms with van der Waals surface area (Å²) in [6, 6.07) is 7.10. The van der Waals surface area contributed by atoms with Crippen LogP contribution in [0.3, 0.4) is 0 Å². The van der Waals surface area contributed by atoms with E-state index < -0.39 is 0 Å². The number of anilines is 1. The van der Waals surface area contributed by atoms with Gasteiger partial charge in [0.05, 0.1) is 0 Å². The fourth-order valence-corrected chi connectivity index (χ4v) is 3.72. The van der Waals surface area contributed by atoms with E-state index in [1.807, 2.05) is 19.3 Å². The summed E-state index contributed by atoms with van der Waals surface area (Å²) in [6.07, 6.45) is 4.07. The van der Waals surface area contributed by atoms with E-state index in [9.17, 15) is 0 Å². The summed E-state index contributed by atoms with van der Waals surface area (Å²) >= 11 is 0. The quantitative estimate of drug-likeness (QED) is 0.602. The van der Waals surface area contributed by atoms with Gasteiger partial charge in [0, 0.05) is 64.6 Å². The number of hydrogen-bond donors (Lipinski definition) is 2. The molecule has 1 atom stereocenters. The molecule has 2 saturated heterocycles. The van der Waals surface area contributed by atoms with Crippen molar-refractivity contribution in [3.05, 3.63) is 24.4 Å². The van der Waals surface area contributed by atoms with Gasteiger partial charge in [0.2, 0.25) is 0 Å². The lowest BCUT2D eigenvalue weighted by Gasteiger charge is -2.38. The zero-order chi connectivity index (χ0) is 18.4. The van der Waals surface area contributed by atoms with Crippen molar-refractivity contribution in [2.24, 2.45) is 4.99 Å². The van der Waals surface area contributed by atoms with Crippen molar-refractivity contribution < 1.29 is 0 Å². The topological polar surface area (TPSA) is 59.0 Å². The van der Waals surface area contributed by atoms with Gasteiger partial charge in [-0.15, -0.1) is 0 Å². The Morgan fingerprint density at radius 1 is 1.19 bits per heavy atom. The highest BCUT2D eigenvalue weighted by molar-refractivity contribution is 5.80. The number of hydrogen-bond acceptors (Lipinski definition) is 5. The van der Waals surface area contributed by atoms with Crippen LogP contribution in [0.15, 0.2) is 29.4 Å². The summed E-state index contributed by atoms with van der Waals surface area (Å²) in [7, 11) is 6.26. The number of guanidine groups is 1. The molecule has 0 aromatic carbocycles. The van der Waals surface area contributed by atoms with Gasteiger partial charge in [-0.05, 0) is 39.1 Å². The van der Waals surface area contributed by atoms with E-state index in [-0.39, 0.29) is 0 Å². The number of aromatic nitrogens is 1. The molecule has 3 rings (SSSR count). The van der Waals surface area contributed by atoms with E-state index >= 15 is 0 Å². The highest BCUT2D eigenvalue weighted by Crippen LogP contribution is 2.17. The number of aliphatic imine (C=N–C) groups is 1. The molecule has 1 aromatic rings. The fourth-order valence-electron chi connectivity index (χ4n) is 3.72. The Balaban J connectivity index is 1.43. The van der Waals surface area contributed by atoms with Crippen molar-refractivity contribution in [1.82, 2.24) is 25.4 Å². The van der Waals surface area contributed by atoms with Crippen LogP contribution in [0.5, 0.6) is 0 Å². The summed E-state index contributed by atoms with van der Waals surface area (Å²) in [5, 5.41) is 7.13. The van der Waals surface area contributed by atoms with Crippen molar-refractivity contribution in [2.45, 2.75) is 24.9 Å². The molecule has 0 aliphatic carbocycles. The van der Waals surface area contributed by atoms with Crippen LogP contribution < -0.4 is 15.5 Å². The highest BCUT2D eigenvalue weighted by atomic mass is 15.3. The Kier molecular flexibility index (Phi) is 6.68. The maximum absolute atomic E-state index is 4.46. The van der Waals surface area contributed by atoms with Crippen molar-refractivity contribution in [1.29, 1.82) is 0 Å². The van der Waals surface area contributed by atoms with Gasteiger partial charge >= 0.3 is 0 Å². The van der Waals surface area contributed by atoms with Gasteiger partial charge in [0.1, 0.15) is 5.82 Å². The maximum Gasteiger partial charge on any atom is 0.191 e. The minimum absolute atomic E-state index is 0.466. The van der Waals surface area contributed by atoms with E-state index in [1.165, 1.54) is 0 Å². The smallest absolute Gasteiger partial charge is 0.191 e. The number of nitrogens with one attached hydrogen (secondary N) is 2. The molecule has 3 heterocycles. The molecule has 1 aromatic heterocycles. The summed E-state index contributed by atoms with van der Waals surface area (Å²) in [4.78, 5) is 16.1. The predicted octanol–water partition coefficient (Wildman–Crippen LogP) is 0.461. The average molecular weight is 360 g/mol.